The summed E-state index contributed by atoms with van der Waals surface area (Å²) in [7, 11) is 0. The van der Waals surface area contributed by atoms with Crippen molar-refractivity contribution < 1.29 is 23.0 Å². The molecule has 0 unspecified atom stereocenters. The molecule has 0 saturated heterocycles. The molecule has 23 heavy (non-hydrogen) atoms. The van der Waals surface area contributed by atoms with Gasteiger partial charge < -0.3 is 14.8 Å². The van der Waals surface area contributed by atoms with Crippen LogP contribution in [0.4, 0.5) is 14.5 Å². The van der Waals surface area contributed by atoms with Gasteiger partial charge >= 0.3 is 6.61 Å². The number of hydrogen-bond donors (Lipinski definition) is 1. The quantitative estimate of drug-likeness (QED) is 0.835. The van der Waals surface area contributed by atoms with Crippen LogP contribution in [-0.4, -0.2) is 19.1 Å². The number of hydrogen-bond acceptors (Lipinski definition) is 3. The van der Waals surface area contributed by atoms with Crippen LogP contribution in [0.25, 0.3) is 0 Å². The maximum atomic E-state index is 12.4. The zero-order valence-electron chi connectivity index (χ0n) is 12.2. The van der Waals surface area contributed by atoms with E-state index in [0.29, 0.717) is 10.7 Å². The summed E-state index contributed by atoms with van der Waals surface area (Å²) in [6.07, 6.45) is 0. The van der Waals surface area contributed by atoms with Crippen LogP contribution in [0.15, 0.2) is 42.5 Å². The molecule has 0 bridgehead atoms. The van der Waals surface area contributed by atoms with Crippen molar-refractivity contribution in [1.29, 1.82) is 0 Å². The molecule has 0 radical (unpaired) electrons. The van der Waals surface area contributed by atoms with E-state index < -0.39 is 12.5 Å². The zero-order chi connectivity index (χ0) is 16.8. The normalized spacial score (nSPS) is 10.5. The summed E-state index contributed by atoms with van der Waals surface area (Å²) in [5, 5.41) is 3.22. The van der Waals surface area contributed by atoms with Gasteiger partial charge in [-0.05, 0) is 49.4 Å². The first-order valence-corrected chi connectivity index (χ1v) is 7.16. The van der Waals surface area contributed by atoms with E-state index in [1.807, 2.05) is 0 Å². The number of halogens is 3. The summed E-state index contributed by atoms with van der Waals surface area (Å²) < 4.78 is 34.3. The van der Waals surface area contributed by atoms with Crippen molar-refractivity contribution in [2.45, 2.75) is 13.5 Å². The van der Waals surface area contributed by atoms with Crippen molar-refractivity contribution in [3.8, 4) is 11.5 Å². The maximum Gasteiger partial charge on any atom is 0.387 e. The summed E-state index contributed by atoms with van der Waals surface area (Å²) in [6, 6.07) is 10.6. The van der Waals surface area contributed by atoms with Crippen LogP contribution in [0.5, 0.6) is 11.5 Å². The SMILES string of the molecule is CCOc1cc(C(=O)Nc2ccc(Cl)cc2)ccc1OC(F)F. The molecule has 0 spiro atoms. The number of nitrogens with one attached hydrogen (secondary N) is 1. The molecule has 2 aromatic rings. The molecule has 0 saturated carbocycles. The molecule has 2 rings (SSSR count). The van der Waals surface area contributed by atoms with Gasteiger partial charge in [0.05, 0.1) is 6.61 Å². The Morgan fingerprint density at radius 1 is 1.17 bits per heavy atom. The second-order valence-electron chi connectivity index (χ2n) is 4.43. The van der Waals surface area contributed by atoms with Crippen molar-refractivity contribution in [3.63, 3.8) is 0 Å². The molecule has 0 aliphatic carbocycles. The van der Waals surface area contributed by atoms with Crippen LogP contribution in [0.2, 0.25) is 5.02 Å². The molecular formula is C16H14ClF2NO3. The second kappa shape index (κ2) is 7.78. The molecule has 0 aliphatic heterocycles. The molecule has 7 heteroatoms. The summed E-state index contributed by atoms with van der Waals surface area (Å²) in [4.78, 5) is 12.2. The number of benzene rings is 2. The minimum atomic E-state index is -2.97. The Kier molecular flexibility index (Phi) is 5.76. The van der Waals surface area contributed by atoms with E-state index in [1.165, 1.54) is 18.2 Å². The van der Waals surface area contributed by atoms with Gasteiger partial charge in [-0.1, -0.05) is 11.6 Å². The summed E-state index contributed by atoms with van der Waals surface area (Å²) in [6.45, 7) is -1.02. The minimum absolute atomic E-state index is 0.0801. The molecule has 0 fully saturated rings. The topological polar surface area (TPSA) is 47.6 Å². The molecule has 1 amide bonds. The van der Waals surface area contributed by atoms with Crippen molar-refractivity contribution in [2.75, 3.05) is 11.9 Å². The molecule has 2 aromatic carbocycles. The van der Waals surface area contributed by atoms with Crippen LogP contribution >= 0.6 is 11.6 Å². The number of anilines is 1. The minimum Gasteiger partial charge on any atom is -0.490 e. The lowest BCUT2D eigenvalue weighted by atomic mass is 10.2. The highest BCUT2D eigenvalue weighted by Crippen LogP contribution is 2.30. The molecule has 0 heterocycles. The highest BCUT2D eigenvalue weighted by molar-refractivity contribution is 6.30. The monoisotopic (exact) mass is 341 g/mol. The Hall–Kier alpha value is -2.34. The van der Waals surface area contributed by atoms with Gasteiger partial charge in [-0.3, -0.25) is 4.79 Å². The van der Waals surface area contributed by atoms with Gasteiger partial charge in [-0.2, -0.15) is 8.78 Å². The first-order valence-electron chi connectivity index (χ1n) is 6.78. The molecule has 4 nitrogen and oxygen atoms in total. The van der Waals surface area contributed by atoms with Gasteiger partial charge in [0.1, 0.15) is 0 Å². The fraction of sp³-hybridized carbons (Fsp3) is 0.188. The van der Waals surface area contributed by atoms with E-state index in [2.05, 4.69) is 10.1 Å². The number of alkyl halides is 2. The van der Waals surface area contributed by atoms with Crippen LogP contribution in [-0.2, 0) is 0 Å². The zero-order valence-corrected chi connectivity index (χ0v) is 12.9. The lowest BCUT2D eigenvalue weighted by molar-refractivity contribution is -0.0514. The van der Waals surface area contributed by atoms with Crippen molar-refractivity contribution in [3.05, 3.63) is 53.1 Å². The van der Waals surface area contributed by atoms with Crippen molar-refractivity contribution >= 4 is 23.2 Å². The van der Waals surface area contributed by atoms with Gasteiger partial charge in [0.15, 0.2) is 11.5 Å². The highest BCUT2D eigenvalue weighted by atomic mass is 35.5. The predicted molar refractivity (Wildman–Crippen MR) is 83.6 cm³/mol. The number of carbonyl (C=O) groups excluding carboxylic acids is 1. The Morgan fingerprint density at radius 2 is 1.87 bits per heavy atom. The van der Waals surface area contributed by atoms with Gasteiger partial charge in [-0.25, -0.2) is 0 Å². The first-order chi connectivity index (χ1) is 11.0. The summed E-state index contributed by atoms with van der Waals surface area (Å²) in [5.41, 5.74) is 0.815. The Bertz CT molecular complexity index is 678. The van der Waals surface area contributed by atoms with Gasteiger partial charge in [0.2, 0.25) is 0 Å². The van der Waals surface area contributed by atoms with E-state index in [9.17, 15) is 13.6 Å². The fourth-order valence-corrected chi connectivity index (χ4v) is 1.97. The predicted octanol–water partition coefficient (Wildman–Crippen LogP) is 4.59. The van der Waals surface area contributed by atoms with E-state index in [1.54, 1.807) is 31.2 Å². The van der Waals surface area contributed by atoms with Crippen molar-refractivity contribution in [1.82, 2.24) is 0 Å². The molecule has 0 atom stereocenters. The smallest absolute Gasteiger partial charge is 0.387 e. The Balaban J connectivity index is 2.19. The van der Waals surface area contributed by atoms with E-state index in [4.69, 9.17) is 16.3 Å². The number of rotatable bonds is 6. The maximum absolute atomic E-state index is 12.4. The lowest BCUT2D eigenvalue weighted by Gasteiger charge is -2.13. The third-order valence-corrected chi connectivity index (χ3v) is 3.08. The van der Waals surface area contributed by atoms with E-state index >= 15 is 0 Å². The van der Waals surface area contributed by atoms with Crippen LogP contribution in [0, 0.1) is 0 Å². The largest absolute Gasteiger partial charge is 0.490 e. The van der Waals surface area contributed by atoms with Gasteiger partial charge in [0, 0.05) is 16.3 Å². The fourth-order valence-electron chi connectivity index (χ4n) is 1.85. The van der Waals surface area contributed by atoms with Crippen LogP contribution in [0.3, 0.4) is 0 Å². The number of ether oxygens (including phenoxy) is 2. The molecular weight excluding hydrogens is 328 g/mol. The highest BCUT2D eigenvalue weighted by Gasteiger charge is 2.14. The molecule has 0 aliphatic rings. The standard InChI is InChI=1S/C16H14ClF2NO3/c1-2-22-14-9-10(3-8-13(14)23-16(18)19)15(21)20-12-6-4-11(17)5-7-12/h3-9,16H,2H2,1H3,(H,20,21). The van der Waals surface area contributed by atoms with Gasteiger partial charge in [-0.15, -0.1) is 0 Å². The third-order valence-electron chi connectivity index (χ3n) is 2.82. The first kappa shape index (κ1) is 17.0. The lowest BCUT2D eigenvalue weighted by Crippen LogP contribution is -2.12. The van der Waals surface area contributed by atoms with Crippen molar-refractivity contribution in [2.24, 2.45) is 0 Å². The molecule has 0 aromatic heterocycles. The molecule has 122 valence electrons. The number of amides is 1. The van der Waals surface area contributed by atoms with Gasteiger partial charge in [0.25, 0.3) is 5.91 Å². The van der Waals surface area contributed by atoms with Crippen LogP contribution in [0.1, 0.15) is 17.3 Å². The Morgan fingerprint density at radius 3 is 2.48 bits per heavy atom. The second-order valence-corrected chi connectivity index (χ2v) is 4.87. The summed E-state index contributed by atoms with van der Waals surface area (Å²) in [5.74, 6) is -0.446. The average molecular weight is 342 g/mol. The molecule has 1 N–H and O–H groups in total. The Labute approximate surface area is 137 Å². The third kappa shape index (κ3) is 4.82. The number of carbonyl (C=O) groups is 1. The summed E-state index contributed by atoms with van der Waals surface area (Å²) >= 11 is 5.78. The van der Waals surface area contributed by atoms with E-state index in [-0.39, 0.29) is 23.7 Å². The van der Waals surface area contributed by atoms with Crippen LogP contribution < -0.4 is 14.8 Å². The van der Waals surface area contributed by atoms with E-state index in [0.717, 1.165) is 0 Å². The average Bonchev–Trinajstić information content (AvgIpc) is 2.51.